The second-order valence-electron chi connectivity index (χ2n) is 5.43. The second-order valence-corrected chi connectivity index (χ2v) is 5.43. The van der Waals surface area contributed by atoms with E-state index in [0.717, 1.165) is 34.8 Å². The van der Waals surface area contributed by atoms with Crippen molar-refractivity contribution in [2.24, 2.45) is 5.73 Å². The first-order valence-corrected chi connectivity index (χ1v) is 6.89. The number of nitrogens with two attached hydrogens (primary N) is 1. The average Bonchev–Trinajstić information content (AvgIpc) is 2.83. The zero-order valence-corrected chi connectivity index (χ0v) is 12.1. The van der Waals surface area contributed by atoms with Crippen molar-refractivity contribution in [3.05, 3.63) is 40.8 Å². The number of benzene rings is 1. The van der Waals surface area contributed by atoms with Crippen molar-refractivity contribution in [3.63, 3.8) is 0 Å². The Kier molecular flexibility index (Phi) is 3.18. The van der Waals surface area contributed by atoms with Crippen LogP contribution >= 0.6 is 0 Å². The fraction of sp³-hybridized carbons (Fsp3) is 0.375. The van der Waals surface area contributed by atoms with Crippen molar-refractivity contribution in [1.82, 2.24) is 9.97 Å². The molecule has 0 fully saturated rings. The van der Waals surface area contributed by atoms with Gasteiger partial charge in [-0.05, 0) is 43.5 Å². The van der Waals surface area contributed by atoms with Gasteiger partial charge in [-0.3, -0.25) is 0 Å². The minimum Gasteiger partial charge on any atom is -0.488 e. The molecule has 0 amide bonds. The maximum atomic E-state index is 6.01. The van der Waals surface area contributed by atoms with Gasteiger partial charge in [-0.15, -0.1) is 0 Å². The predicted octanol–water partition coefficient (Wildman–Crippen LogP) is 2.33. The molecule has 0 saturated heterocycles. The molecule has 3 rings (SSSR count). The Bertz CT molecular complexity index is 667. The summed E-state index contributed by atoms with van der Waals surface area (Å²) in [4.78, 5) is 8.83. The zero-order chi connectivity index (χ0) is 14.3. The third kappa shape index (κ3) is 2.16. The van der Waals surface area contributed by atoms with Crippen LogP contribution in [0.2, 0.25) is 0 Å². The maximum absolute atomic E-state index is 6.01. The molecule has 0 aliphatic carbocycles. The summed E-state index contributed by atoms with van der Waals surface area (Å²) in [6.45, 7) is 6.57. The Morgan fingerprint density at radius 2 is 2.10 bits per heavy atom. The van der Waals surface area contributed by atoms with E-state index in [1.165, 1.54) is 11.1 Å². The van der Waals surface area contributed by atoms with Gasteiger partial charge < -0.3 is 10.5 Å². The molecule has 4 nitrogen and oxygen atoms in total. The SMILES string of the molecule is Cc1cc2c(c(-c3nc(C)ncc3C)c1)O[C@H](CN)C2. The molecule has 1 aliphatic heterocycles. The largest absolute Gasteiger partial charge is 0.488 e. The van der Waals surface area contributed by atoms with Gasteiger partial charge in [-0.1, -0.05) is 6.07 Å². The lowest BCUT2D eigenvalue weighted by atomic mass is 9.99. The van der Waals surface area contributed by atoms with E-state index in [4.69, 9.17) is 10.5 Å². The summed E-state index contributed by atoms with van der Waals surface area (Å²) < 4.78 is 6.01. The molecule has 0 spiro atoms. The summed E-state index contributed by atoms with van der Waals surface area (Å²) in [6.07, 6.45) is 2.82. The third-order valence-corrected chi connectivity index (χ3v) is 3.65. The normalized spacial score (nSPS) is 16.9. The highest BCUT2D eigenvalue weighted by Crippen LogP contribution is 2.39. The highest BCUT2D eigenvalue weighted by Gasteiger charge is 2.26. The molecule has 0 bridgehead atoms. The van der Waals surface area contributed by atoms with Crippen LogP contribution in [0, 0.1) is 20.8 Å². The van der Waals surface area contributed by atoms with Crippen LogP contribution in [0.15, 0.2) is 18.3 Å². The molecule has 104 valence electrons. The van der Waals surface area contributed by atoms with Gasteiger partial charge in [0.25, 0.3) is 0 Å². The number of ether oxygens (including phenoxy) is 1. The Morgan fingerprint density at radius 1 is 1.30 bits per heavy atom. The minimum atomic E-state index is 0.0776. The van der Waals surface area contributed by atoms with Gasteiger partial charge in [0.1, 0.15) is 17.7 Å². The molecule has 20 heavy (non-hydrogen) atoms. The highest BCUT2D eigenvalue weighted by atomic mass is 16.5. The van der Waals surface area contributed by atoms with Crippen molar-refractivity contribution in [1.29, 1.82) is 0 Å². The van der Waals surface area contributed by atoms with Gasteiger partial charge in [-0.2, -0.15) is 0 Å². The number of nitrogens with zero attached hydrogens (tertiary/aromatic N) is 2. The summed E-state index contributed by atoms with van der Waals surface area (Å²) in [5.74, 6) is 1.71. The Labute approximate surface area is 119 Å². The summed E-state index contributed by atoms with van der Waals surface area (Å²) in [5, 5.41) is 0. The predicted molar refractivity (Wildman–Crippen MR) is 78.9 cm³/mol. The number of aryl methyl sites for hydroxylation is 3. The number of fused-ring (bicyclic) bond motifs is 1. The average molecular weight is 269 g/mol. The third-order valence-electron chi connectivity index (χ3n) is 3.65. The van der Waals surface area contributed by atoms with E-state index in [0.29, 0.717) is 6.54 Å². The Morgan fingerprint density at radius 3 is 2.85 bits per heavy atom. The lowest BCUT2D eigenvalue weighted by Crippen LogP contribution is -2.24. The van der Waals surface area contributed by atoms with E-state index in [2.05, 4.69) is 29.0 Å². The molecular weight excluding hydrogens is 250 g/mol. The van der Waals surface area contributed by atoms with Crippen LogP contribution in [-0.2, 0) is 6.42 Å². The molecule has 0 unspecified atom stereocenters. The van der Waals surface area contributed by atoms with Crippen LogP contribution in [0.25, 0.3) is 11.3 Å². The molecule has 4 heteroatoms. The van der Waals surface area contributed by atoms with E-state index in [1.54, 1.807) is 0 Å². The molecule has 1 aliphatic rings. The second kappa shape index (κ2) is 4.87. The monoisotopic (exact) mass is 269 g/mol. The standard InChI is InChI=1S/C16H19N3O/c1-9-4-12-6-13(7-17)20-16(12)14(5-9)15-10(2)8-18-11(3)19-15/h4-5,8,13H,6-7,17H2,1-3H3/t13-/m0/s1. The van der Waals surface area contributed by atoms with Crippen molar-refractivity contribution in [3.8, 4) is 17.0 Å². The fourth-order valence-electron chi connectivity index (χ4n) is 2.70. The van der Waals surface area contributed by atoms with E-state index in [1.807, 2.05) is 20.0 Å². The van der Waals surface area contributed by atoms with E-state index < -0.39 is 0 Å². The van der Waals surface area contributed by atoms with Crippen molar-refractivity contribution >= 4 is 0 Å². The summed E-state index contributed by atoms with van der Waals surface area (Å²) >= 11 is 0. The van der Waals surface area contributed by atoms with Gasteiger partial charge in [-0.25, -0.2) is 9.97 Å². The number of hydrogen-bond donors (Lipinski definition) is 1. The fourth-order valence-corrected chi connectivity index (χ4v) is 2.70. The molecule has 0 saturated carbocycles. The number of hydrogen-bond acceptors (Lipinski definition) is 4. The molecule has 2 heterocycles. The molecule has 1 aromatic carbocycles. The van der Waals surface area contributed by atoms with Gasteiger partial charge in [0.15, 0.2) is 0 Å². The maximum Gasteiger partial charge on any atom is 0.132 e. The molecule has 0 radical (unpaired) electrons. The van der Waals surface area contributed by atoms with Crippen LogP contribution in [-0.4, -0.2) is 22.6 Å². The number of rotatable bonds is 2. The molecule has 2 aromatic rings. The van der Waals surface area contributed by atoms with Crippen LogP contribution in [0.4, 0.5) is 0 Å². The number of aromatic nitrogens is 2. The van der Waals surface area contributed by atoms with Gasteiger partial charge in [0.05, 0.1) is 5.69 Å². The summed E-state index contributed by atoms with van der Waals surface area (Å²) in [7, 11) is 0. The molecule has 1 aromatic heterocycles. The lowest BCUT2D eigenvalue weighted by molar-refractivity contribution is 0.242. The van der Waals surface area contributed by atoms with E-state index in [-0.39, 0.29) is 6.10 Å². The summed E-state index contributed by atoms with van der Waals surface area (Å²) in [5.41, 5.74) is 11.3. The zero-order valence-electron chi connectivity index (χ0n) is 12.1. The lowest BCUT2D eigenvalue weighted by Gasteiger charge is -2.13. The van der Waals surface area contributed by atoms with Crippen LogP contribution in [0.3, 0.4) is 0 Å². The first kappa shape index (κ1) is 13.1. The van der Waals surface area contributed by atoms with E-state index in [9.17, 15) is 0 Å². The Balaban J connectivity index is 2.18. The molecular formula is C16H19N3O. The van der Waals surface area contributed by atoms with E-state index >= 15 is 0 Å². The van der Waals surface area contributed by atoms with Gasteiger partial charge in [0, 0.05) is 24.7 Å². The molecule has 1 atom stereocenters. The van der Waals surface area contributed by atoms with Crippen LogP contribution in [0.1, 0.15) is 22.5 Å². The van der Waals surface area contributed by atoms with Crippen molar-refractivity contribution in [2.75, 3.05) is 6.54 Å². The highest BCUT2D eigenvalue weighted by molar-refractivity contribution is 5.73. The van der Waals surface area contributed by atoms with Crippen molar-refractivity contribution in [2.45, 2.75) is 33.3 Å². The van der Waals surface area contributed by atoms with Crippen molar-refractivity contribution < 1.29 is 4.74 Å². The van der Waals surface area contributed by atoms with Gasteiger partial charge >= 0.3 is 0 Å². The summed E-state index contributed by atoms with van der Waals surface area (Å²) in [6, 6.07) is 4.31. The van der Waals surface area contributed by atoms with Crippen LogP contribution < -0.4 is 10.5 Å². The minimum absolute atomic E-state index is 0.0776. The van der Waals surface area contributed by atoms with Crippen LogP contribution in [0.5, 0.6) is 5.75 Å². The first-order chi connectivity index (χ1) is 9.58. The Hall–Kier alpha value is -1.94. The smallest absolute Gasteiger partial charge is 0.132 e. The molecule has 2 N–H and O–H groups in total. The topological polar surface area (TPSA) is 61.0 Å². The quantitative estimate of drug-likeness (QED) is 0.909. The van der Waals surface area contributed by atoms with Gasteiger partial charge in [0.2, 0.25) is 0 Å². The first-order valence-electron chi connectivity index (χ1n) is 6.89.